The fourth-order valence-electron chi connectivity index (χ4n) is 3.43. The highest BCUT2D eigenvalue weighted by molar-refractivity contribution is 5.78. The van der Waals surface area contributed by atoms with Crippen LogP contribution in [-0.4, -0.2) is 6.54 Å². The van der Waals surface area contributed by atoms with Crippen LogP contribution < -0.4 is 5.32 Å². The molecule has 2 nitrogen and oxygen atoms in total. The predicted octanol–water partition coefficient (Wildman–Crippen LogP) is 4.97. The van der Waals surface area contributed by atoms with Crippen LogP contribution in [0.3, 0.4) is 0 Å². The van der Waals surface area contributed by atoms with E-state index in [9.17, 15) is 0 Å². The van der Waals surface area contributed by atoms with Crippen molar-refractivity contribution < 1.29 is 4.42 Å². The number of aryl methyl sites for hydroxylation is 1. The first-order chi connectivity index (χ1) is 9.78. The van der Waals surface area contributed by atoms with Gasteiger partial charge in [0.2, 0.25) is 0 Å². The maximum Gasteiger partial charge on any atom is 0.134 e. The Bertz CT molecular complexity index is 566. The summed E-state index contributed by atoms with van der Waals surface area (Å²) in [4.78, 5) is 0. The average molecular weight is 271 g/mol. The van der Waals surface area contributed by atoms with Gasteiger partial charge in [0.05, 0.1) is 6.04 Å². The quantitative estimate of drug-likeness (QED) is 0.830. The molecule has 1 heterocycles. The maximum atomic E-state index is 6.13. The van der Waals surface area contributed by atoms with Crippen molar-refractivity contribution in [3.05, 3.63) is 35.6 Å². The summed E-state index contributed by atoms with van der Waals surface area (Å²) in [6.07, 6.45) is 6.57. The molecule has 2 heteroatoms. The van der Waals surface area contributed by atoms with Crippen molar-refractivity contribution >= 4 is 11.0 Å². The van der Waals surface area contributed by atoms with Crippen LogP contribution in [0.15, 0.2) is 28.7 Å². The summed E-state index contributed by atoms with van der Waals surface area (Å²) in [5.41, 5.74) is 2.32. The summed E-state index contributed by atoms with van der Waals surface area (Å²) in [5.74, 6) is 1.87. The summed E-state index contributed by atoms with van der Waals surface area (Å²) in [5, 5.41) is 4.95. The summed E-state index contributed by atoms with van der Waals surface area (Å²) in [6.45, 7) is 5.42. The van der Waals surface area contributed by atoms with Crippen LogP contribution in [0.2, 0.25) is 0 Å². The second kappa shape index (κ2) is 6.01. The molecular formula is C18H25NO. The van der Waals surface area contributed by atoms with Crippen LogP contribution in [0, 0.1) is 12.8 Å². The van der Waals surface area contributed by atoms with E-state index in [4.69, 9.17) is 4.42 Å². The number of hydrogen-bond donors (Lipinski definition) is 1. The first kappa shape index (κ1) is 13.7. The molecule has 1 aromatic carbocycles. The van der Waals surface area contributed by atoms with Crippen molar-refractivity contribution in [1.29, 1.82) is 0 Å². The smallest absolute Gasteiger partial charge is 0.134 e. The van der Waals surface area contributed by atoms with Gasteiger partial charge < -0.3 is 9.73 Å². The summed E-state index contributed by atoms with van der Waals surface area (Å²) < 4.78 is 6.13. The molecule has 1 aromatic heterocycles. The minimum atomic E-state index is 0.394. The molecule has 1 aliphatic rings. The van der Waals surface area contributed by atoms with Crippen LogP contribution in [0.1, 0.15) is 56.4 Å². The predicted molar refractivity (Wildman–Crippen MR) is 83.9 cm³/mol. The molecule has 0 amide bonds. The second-order valence-electron chi connectivity index (χ2n) is 6.17. The van der Waals surface area contributed by atoms with Crippen molar-refractivity contribution in [2.45, 2.75) is 52.0 Å². The Hall–Kier alpha value is -1.28. The van der Waals surface area contributed by atoms with Crippen molar-refractivity contribution in [3.63, 3.8) is 0 Å². The van der Waals surface area contributed by atoms with E-state index in [0.29, 0.717) is 6.04 Å². The zero-order valence-corrected chi connectivity index (χ0v) is 12.6. The van der Waals surface area contributed by atoms with Crippen molar-refractivity contribution in [2.75, 3.05) is 6.54 Å². The number of fused-ring (bicyclic) bond motifs is 1. The van der Waals surface area contributed by atoms with Gasteiger partial charge in [-0.2, -0.15) is 0 Å². The molecule has 3 rings (SSSR count). The molecule has 0 bridgehead atoms. The Morgan fingerprint density at radius 3 is 2.80 bits per heavy atom. The minimum Gasteiger partial charge on any atom is -0.459 e. The van der Waals surface area contributed by atoms with E-state index >= 15 is 0 Å². The fourth-order valence-corrected chi connectivity index (χ4v) is 3.43. The highest BCUT2D eigenvalue weighted by Gasteiger charge is 2.28. The molecule has 108 valence electrons. The van der Waals surface area contributed by atoms with E-state index in [2.05, 4.69) is 43.4 Å². The first-order valence-corrected chi connectivity index (χ1v) is 8.01. The zero-order chi connectivity index (χ0) is 13.9. The molecule has 1 N–H and O–H groups in total. The lowest BCUT2D eigenvalue weighted by Crippen LogP contribution is -2.27. The molecule has 1 unspecified atom stereocenters. The number of benzene rings is 1. The third-order valence-electron chi connectivity index (χ3n) is 4.48. The molecular weight excluding hydrogens is 246 g/mol. The van der Waals surface area contributed by atoms with Gasteiger partial charge in [-0.1, -0.05) is 31.4 Å². The van der Waals surface area contributed by atoms with Gasteiger partial charge in [0.15, 0.2) is 0 Å². The molecule has 20 heavy (non-hydrogen) atoms. The minimum absolute atomic E-state index is 0.394. The third-order valence-corrected chi connectivity index (χ3v) is 4.48. The summed E-state index contributed by atoms with van der Waals surface area (Å²) >= 11 is 0. The van der Waals surface area contributed by atoms with Gasteiger partial charge in [-0.15, -0.1) is 0 Å². The van der Waals surface area contributed by atoms with Crippen LogP contribution in [0.25, 0.3) is 11.0 Å². The topological polar surface area (TPSA) is 25.2 Å². The normalized spacial score (nSPS) is 17.9. The van der Waals surface area contributed by atoms with Gasteiger partial charge in [-0.25, -0.2) is 0 Å². The number of rotatable bonds is 5. The maximum absolute atomic E-state index is 6.13. The Balaban J connectivity index is 1.90. The van der Waals surface area contributed by atoms with Gasteiger partial charge in [-0.3, -0.25) is 0 Å². The van der Waals surface area contributed by atoms with Crippen molar-refractivity contribution in [2.24, 2.45) is 5.92 Å². The van der Waals surface area contributed by atoms with Crippen LogP contribution in [0.4, 0.5) is 0 Å². The summed E-state index contributed by atoms with van der Waals surface area (Å²) in [7, 11) is 0. The Morgan fingerprint density at radius 2 is 2.05 bits per heavy atom. The Kier molecular flexibility index (Phi) is 4.11. The standard InChI is InChI=1S/C18H25NO/c1-3-10-19-18(14-6-4-5-7-14)17-12-15-11-13(2)8-9-16(15)20-17/h8-9,11-12,14,18-19H,3-7,10H2,1-2H3. The van der Waals surface area contributed by atoms with Gasteiger partial charge >= 0.3 is 0 Å². The van der Waals surface area contributed by atoms with E-state index < -0.39 is 0 Å². The third kappa shape index (κ3) is 2.76. The molecule has 1 aliphatic carbocycles. The molecule has 1 fully saturated rings. The van der Waals surface area contributed by atoms with E-state index in [0.717, 1.165) is 23.8 Å². The van der Waals surface area contributed by atoms with Crippen LogP contribution >= 0.6 is 0 Å². The number of hydrogen-bond acceptors (Lipinski definition) is 2. The van der Waals surface area contributed by atoms with Gasteiger partial charge in [0.1, 0.15) is 11.3 Å². The lowest BCUT2D eigenvalue weighted by molar-refractivity contribution is 0.320. The molecule has 0 radical (unpaired) electrons. The van der Waals surface area contributed by atoms with Crippen molar-refractivity contribution in [3.8, 4) is 0 Å². The Morgan fingerprint density at radius 1 is 1.25 bits per heavy atom. The Labute approximate surface area is 121 Å². The lowest BCUT2D eigenvalue weighted by atomic mass is 9.95. The number of nitrogens with one attached hydrogen (secondary N) is 1. The van der Waals surface area contributed by atoms with E-state index in [1.54, 1.807) is 0 Å². The summed E-state index contributed by atoms with van der Waals surface area (Å²) in [6, 6.07) is 9.08. The highest BCUT2D eigenvalue weighted by atomic mass is 16.3. The monoisotopic (exact) mass is 271 g/mol. The van der Waals surface area contributed by atoms with E-state index in [1.165, 1.54) is 43.1 Å². The van der Waals surface area contributed by atoms with Crippen LogP contribution in [0.5, 0.6) is 0 Å². The van der Waals surface area contributed by atoms with E-state index in [-0.39, 0.29) is 0 Å². The molecule has 0 spiro atoms. The second-order valence-corrected chi connectivity index (χ2v) is 6.17. The SMILES string of the molecule is CCCNC(c1cc2cc(C)ccc2o1)C1CCCC1. The zero-order valence-electron chi connectivity index (χ0n) is 12.6. The molecule has 2 aromatic rings. The highest BCUT2D eigenvalue weighted by Crippen LogP contribution is 2.37. The van der Waals surface area contributed by atoms with Gasteiger partial charge in [-0.05, 0) is 56.8 Å². The fraction of sp³-hybridized carbons (Fsp3) is 0.556. The molecule has 1 saturated carbocycles. The first-order valence-electron chi connectivity index (χ1n) is 8.01. The van der Waals surface area contributed by atoms with Gasteiger partial charge in [0, 0.05) is 5.39 Å². The lowest BCUT2D eigenvalue weighted by Gasteiger charge is -2.22. The molecule has 0 saturated heterocycles. The largest absolute Gasteiger partial charge is 0.459 e. The van der Waals surface area contributed by atoms with Crippen molar-refractivity contribution in [1.82, 2.24) is 5.32 Å². The van der Waals surface area contributed by atoms with Gasteiger partial charge in [0.25, 0.3) is 0 Å². The van der Waals surface area contributed by atoms with E-state index in [1.807, 2.05) is 0 Å². The molecule has 0 aliphatic heterocycles. The molecule has 1 atom stereocenters. The van der Waals surface area contributed by atoms with Crippen LogP contribution in [-0.2, 0) is 0 Å². The average Bonchev–Trinajstić information content (AvgIpc) is 3.08. The number of furan rings is 1.